The summed E-state index contributed by atoms with van der Waals surface area (Å²) in [5.41, 5.74) is 0.192. The molecule has 216 valence electrons. The molecule has 4 aliphatic carbocycles. The minimum atomic E-state index is -1.14. The second-order valence-electron chi connectivity index (χ2n) is 14.2. The standard InChI is InChI=1S/C35H46O5/c1-32-17-14-25(40-31(36)34(3,37-4)30-11-7-9-23-8-5-6-10-26(23)30)22-24(32)12-13-27-28(32)15-18-33(2)29(27)16-19-35(33)38-20-21-39-35/h5-11,24-25,27-29H,12-22H2,1-4H3/t24-,25+,27+,28-,29-,32-,33-,34?/m0/s1. The zero-order chi connectivity index (χ0) is 27.8. The average molecular weight is 547 g/mol. The Labute approximate surface area is 239 Å². The van der Waals surface area contributed by atoms with Crippen molar-refractivity contribution >= 4 is 16.7 Å². The third-order valence-corrected chi connectivity index (χ3v) is 12.8. The monoisotopic (exact) mass is 546 g/mol. The van der Waals surface area contributed by atoms with E-state index in [1.54, 1.807) is 7.11 Å². The number of carbonyl (C=O) groups excluding carboxylic acids is 1. The summed E-state index contributed by atoms with van der Waals surface area (Å²) < 4.78 is 25.0. The molecule has 1 unspecified atom stereocenters. The zero-order valence-corrected chi connectivity index (χ0v) is 24.7. The topological polar surface area (TPSA) is 54.0 Å². The third kappa shape index (κ3) is 3.72. The van der Waals surface area contributed by atoms with Crippen LogP contribution in [0, 0.1) is 34.5 Å². The summed E-state index contributed by atoms with van der Waals surface area (Å²) >= 11 is 0. The molecule has 40 heavy (non-hydrogen) atoms. The Morgan fingerprint density at radius 3 is 2.45 bits per heavy atom. The first-order chi connectivity index (χ1) is 19.2. The van der Waals surface area contributed by atoms with Crippen LogP contribution in [0.25, 0.3) is 10.8 Å². The molecule has 2 aromatic carbocycles. The van der Waals surface area contributed by atoms with Crippen LogP contribution in [0.4, 0.5) is 0 Å². The normalized spacial score (nSPS) is 39.8. The number of hydrogen-bond donors (Lipinski definition) is 0. The molecule has 5 nitrogen and oxygen atoms in total. The summed E-state index contributed by atoms with van der Waals surface area (Å²) in [5.74, 6) is 2.21. The number of hydrogen-bond acceptors (Lipinski definition) is 5. The van der Waals surface area contributed by atoms with Gasteiger partial charge in [-0.25, -0.2) is 4.79 Å². The maximum absolute atomic E-state index is 13.8. The largest absolute Gasteiger partial charge is 0.460 e. The number of methoxy groups -OCH3 is 1. The van der Waals surface area contributed by atoms with Gasteiger partial charge in [0.25, 0.3) is 0 Å². The van der Waals surface area contributed by atoms with E-state index < -0.39 is 5.60 Å². The highest BCUT2D eigenvalue weighted by Gasteiger charge is 2.67. The molecule has 0 radical (unpaired) electrons. The van der Waals surface area contributed by atoms with Gasteiger partial charge in [0.1, 0.15) is 6.10 Å². The van der Waals surface area contributed by atoms with Crippen LogP contribution in [0.5, 0.6) is 0 Å². The Kier molecular flexibility index (Phi) is 6.42. The molecular formula is C35H46O5. The summed E-state index contributed by atoms with van der Waals surface area (Å²) in [6.07, 6.45) is 10.3. The van der Waals surface area contributed by atoms with Crippen molar-refractivity contribution in [2.75, 3.05) is 20.3 Å². The molecule has 8 atom stereocenters. The van der Waals surface area contributed by atoms with Crippen molar-refractivity contribution in [3.8, 4) is 0 Å². The van der Waals surface area contributed by atoms with Crippen LogP contribution < -0.4 is 0 Å². The smallest absolute Gasteiger partial charge is 0.343 e. The summed E-state index contributed by atoms with van der Waals surface area (Å²) in [5, 5.41) is 2.14. The second kappa shape index (κ2) is 9.54. The van der Waals surface area contributed by atoms with Gasteiger partial charge in [0.2, 0.25) is 0 Å². The van der Waals surface area contributed by atoms with Crippen molar-refractivity contribution in [3.05, 3.63) is 48.0 Å². The fourth-order valence-corrected chi connectivity index (χ4v) is 10.4. The van der Waals surface area contributed by atoms with Gasteiger partial charge in [0.15, 0.2) is 11.4 Å². The highest BCUT2D eigenvalue weighted by molar-refractivity contribution is 5.92. The molecule has 0 aromatic heterocycles. The van der Waals surface area contributed by atoms with Crippen molar-refractivity contribution in [1.82, 2.24) is 0 Å². The van der Waals surface area contributed by atoms with E-state index in [0.717, 1.165) is 67.1 Å². The number of benzene rings is 2. The summed E-state index contributed by atoms with van der Waals surface area (Å²) in [4.78, 5) is 13.8. The molecule has 1 aliphatic heterocycles. The van der Waals surface area contributed by atoms with E-state index in [4.69, 9.17) is 18.9 Å². The van der Waals surface area contributed by atoms with E-state index in [2.05, 4.69) is 32.0 Å². The molecule has 0 amide bonds. The Morgan fingerprint density at radius 2 is 1.65 bits per heavy atom. The number of ether oxygens (including phenoxy) is 4. The van der Waals surface area contributed by atoms with Gasteiger partial charge in [0.05, 0.1) is 13.2 Å². The summed E-state index contributed by atoms with van der Waals surface area (Å²) in [7, 11) is 1.62. The van der Waals surface area contributed by atoms with Crippen molar-refractivity contribution in [1.29, 1.82) is 0 Å². The quantitative estimate of drug-likeness (QED) is 0.374. The van der Waals surface area contributed by atoms with Crippen molar-refractivity contribution in [3.63, 3.8) is 0 Å². The number of esters is 1. The van der Waals surface area contributed by atoms with Crippen LogP contribution in [0.3, 0.4) is 0 Å². The van der Waals surface area contributed by atoms with E-state index in [1.807, 2.05) is 31.2 Å². The second-order valence-corrected chi connectivity index (χ2v) is 14.2. The van der Waals surface area contributed by atoms with E-state index in [1.165, 1.54) is 32.1 Å². The van der Waals surface area contributed by atoms with Gasteiger partial charge in [0, 0.05) is 24.5 Å². The molecule has 0 bridgehead atoms. The van der Waals surface area contributed by atoms with E-state index in [9.17, 15) is 4.79 Å². The molecule has 1 spiro atoms. The Morgan fingerprint density at radius 1 is 0.900 bits per heavy atom. The van der Waals surface area contributed by atoms with E-state index in [0.29, 0.717) is 17.3 Å². The van der Waals surface area contributed by atoms with E-state index >= 15 is 0 Å². The molecule has 5 fully saturated rings. The van der Waals surface area contributed by atoms with Crippen molar-refractivity contribution in [2.45, 2.75) is 96.1 Å². The number of rotatable bonds is 4. The molecule has 5 heteroatoms. The summed E-state index contributed by atoms with van der Waals surface area (Å²) in [6.45, 7) is 8.40. The number of fused-ring (bicyclic) bond motifs is 7. The lowest BCUT2D eigenvalue weighted by Gasteiger charge is -2.61. The van der Waals surface area contributed by atoms with Crippen molar-refractivity contribution in [2.24, 2.45) is 34.5 Å². The fraction of sp³-hybridized carbons (Fsp3) is 0.686. The van der Waals surface area contributed by atoms with Crippen LogP contribution in [-0.2, 0) is 29.3 Å². The molecule has 1 saturated heterocycles. The molecule has 4 saturated carbocycles. The predicted molar refractivity (Wildman–Crippen MR) is 155 cm³/mol. The Hall–Kier alpha value is -1.95. The van der Waals surface area contributed by atoms with Crippen LogP contribution >= 0.6 is 0 Å². The van der Waals surface area contributed by atoms with Crippen LogP contribution in [0.1, 0.15) is 84.1 Å². The van der Waals surface area contributed by atoms with Gasteiger partial charge in [-0.3, -0.25) is 0 Å². The van der Waals surface area contributed by atoms with Crippen LogP contribution in [0.15, 0.2) is 42.5 Å². The van der Waals surface area contributed by atoms with Gasteiger partial charge < -0.3 is 18.9 Å². The lowest BCUT2D eigenvalue weighted by molar-refractivity contribution is -0.248. The SMILES string of the molecule is COC(C)(C(=O)O[C@@H]1CC[C@@]2(C)[C@@H](CC[C@@H]3[C@@H]2CC[C@@]2(C)[C@H]3CCC23OCCO3)C1)c1cccc2ccccc12. The molecular weight excluding hydrogens is 500 g/mol. The number of carbonyl (C=O) groups is 1. The molecule has 5 aliphatic rings. The van der Waals surface area contributed by atoms with Crippen LogP contribution in [0.2, 0.25) is 0 Å². The maximum Gasteiger partial charge on any atom is 0.343 e. The summed E-state index contributed by atoms with van der Waals surface area (Å²) in [6, 6.07) is 14.2. The first-order valence-corrected chi connectivity index (χ1v) is 15.8. The Balaban J connectivity index is 1.07. The minimum Gasteiger partial charge on any atom is -0.460 e. The van der Waals surface area contributed by atoms with Gasteiger partial charge in [-0.05, 0) is 98.1 Å². The molecule has 0 N–H and O–H groups in total. The van der Waals surface area contributed by atoms with Gasteiger partial charge >= 0.3 is 5.97 Å². The predicted octanol–water partition coefficient (Wildman–Crippen LogP) is 7.40. The molecule has 2 aromatic rings. The highest BCUT2D eigenvalue weighted by Crippen LogP contribution is 2.69. The molecule has 1 heterocycles. The first kappa shape index (κ1) is 26.9. The minimum absolute atomic E-state index is 0.0459. The van der Waals surface area contributed by atoms with Gasteiger partial charge in [-0.15, -0.1) is 0 Å². The lowest BCUT2D eigenvalue weighted by Crippen LogP contribution is -2.57. The Bertz CT molecular complexity index is 1280. The first-order valence-electron chi connectivity index (χ1n) is 15.8. The van der Waals surface area contributed by atoms with Gasteiger partial charge in [-0.1, -0.05) is 56.3 Å². The van der Waals surface area contributed by atoms with Crippen molar-refractivity contribution < 1.29 is 23.7 Å². The third-order valence-electron chi connectivity index (χ3n) is 12.8. The lowest BCUT2D eigenvalue weighted by atomic mass is 9.45. The average Bonchev–Trinajstić information content (AvgIpc) is 3.57. The fourth-order valence-electron chi connectivity index (χ4n) is 10.4. The highest BCUT2D eigenvalue weighted by atomic mass is 16.7. The van der Waals surface area contributed by atoms with Gasteiger partial charge in [-0.2, -0.15) is 0 Å². The maximum atomic E-state index is 13.8. The van der Waals surface area contributed by atoms with Crippen LogP contribution in [-0.4, -0.2) is 38.2 Å². The zero-order valence-electron chi connectivity index (χ0n) is 24.7. The van der Waals surface area contributed by atoms with E-state index in [-0.39, 0.29) is 23.3 Å². The molecule has 7 rings (SSSR count).